The highest BCUT2D eigenvalue weighted by atomic mass is 32.2. The number of fused-ring (bicyclic) bond motifs is 2. The molecule has 2 aromatic carbocycles. The summed E-state index contributed by atoms with van der Waals surface area (Å²) >= 11 is 0. The van der Waals surface area contributed by atoms with Crippen LogP contribution >= 0.6 is 0 Å². The molecule has 5 rings (SSSR count). The van der Waals surface area contributed by atoms with Crippen LogP contribution in [0.15, 0.2) is 47.6 Å². The highest BCUT2D eigenvalue weighted by Crippen LogP contribution is 2.33. The van der Waals surface area contributed by atoms with Gasteiger partial charge in [-0.2, -0.15) is 0 Å². The summed E-state index contributed by atoms with van der Waals surface area (Å²) in [4.78, 5) is 17.5. The van der Waals surface area contributed by atoms with Crippen molar-refractivity contribution in [3.05, 3.63) is 59.4 Å². The van der Waals surface area contributed by atoms with Gasteiger partial charge in [0.2, 0.25) is 10.0 Å². The molecule has 1 amide bonds. The minimum Gasteiger partial charge on any atom is -0.345 e. The van der Waals surface area contributed by atoms with Gasteiger partial charge in [-0.25, -0.2) is 18.1 Å². The van der Waals surface area contributed by atoms with Gasteiger partial charge in [-0.05, 0) is 67.1 Å². The Kier molecular flexibility index (Phi) is 5.06. The first-order valence-corrected chi connectivity index (χ1v) is 12.3. The van der Waals surface area contributed by atoms with Crippen LogP contribution in [0.3, 0.4) is 0 Å². The molecule has 1 fully saturated rings. The Morgan fingerprint density at radius 1 is 1.10 bits per heavy atom. The number of imidazole rings is 1. The molecule has 0 aliphatic heterocycles. The van der Waals surface area contributed by atoms with Crippen LogP contribution < -0.4 is 10.0 Å². The molecule has 162 valence electrons. The highest BCUT2D eigenvalue weighted by Gasteiger charge is 2.28. The zero-order valence-corrected chi connectivity index (χ0v) is 18.3. The van der Waals surface area contributed by atoms with Gasteiger partial charge >= 0.3 is 0 Å². The van der Waals surface area contributed by atoms with Crippen LogP contribution in [-0.4, -0.2) is 29.9 Å². The van der Waals surface area contributed by atoms with E-state index in [2.05, 4.69) is 15.0 Å². The van der Waals surface area contributed by atoms with Crippen LogP contribution in [-0.2, 0) is 23.5 Å². The molecule has 2 N–H and O–H groups in total. The van der Waals surface area contributed by atoms with Crippen LogP contribution in [0.4, 0.5) is 0 Å². The molecule has 1 atom stereocenters. The zero-order chi connectivity index (χ0) is 21.6. The molecule has 2 aliphatic rings. The third kappa shape index (κ3) is 3.85. The molecule has 3 aromatic rings. The number of benzene rings is 2. The number of aryl methyl sites for hydroxylation is 2. The standard InChI is InChI=1S/C23H26N4O3S/c1-27-14-24-21-12-16(8-11-22(21)27)23(28)25-20-10-7-15-6-9-18(13-19(15)20)31(29,30)26-17-4-2-3-5-17/h6,8-9,11-14,17,20,26H,2-5,7,10H2,1H3,(H,25,28)/t20-/m0/s1. The number of amides is 1. The lowest BCUT2D eigenvalue weighted by atomic mass is 10.1. The molecule has 0 unspecified atom stereocenters. The van der Waals surface area contributed by atoms with Gasteiger partial charge in [0, 0.05) is 18.7 Å². The van der Waals surface area contributed by atoms with Crippen LogP contribution in [0.1, 0.15) is 59.6 Å². The van der Waals surface area contributed by atoms with Gasteiger partial charge in [-0.1, -0.05) is 18.9 Å². The Morgan fingerprint density at radius 3 is 2.71 bits per heavy atom. The van der Waals surface area contributed by atoms with Gasteiger partial charge in [-0.3, -0.25) is 4.79 Å². The molecule has 1 saturated carbocycles. The van der Waals surface area contributed by atoms with E-state index < -0.39 is 10.0 Å². The molecule has 0 bridgehead atoms. The normalized spacial score (nSPS) is 19.1. The largest absolute Gasteiger partial charge is 0.345 e. The summed E-state index contributed by atoms with van der Waals surface area (Å²) in [5, 5.41) is 3.09. The van der Waals surface area contributed by atoms with Gasteiger partial charge in [0.1, 0.15) is 0 Å². The van der Waals surface area contributed by atoms with Crippen LogP contribution in [0, 0.1) is 0 Å². The lowest BCUT2D eigenvalue weighted by molar-refractivity contribution is 0.0937. The van der Waals surface area contributed by atoms with Crippen molar-refractivity contribution in [3.63, 3.8) is 0 Å². The van der Waals surface area contributed by atoms with Gasteiger partial charge in [0.25, 0.3) is 5.91 Å². The second-order valence-corrected chi connectivity index (χ2v) is 10.3. The number of carbonyl (C=O) groups excluding carboxylic acids is 1. The number of sulfonamides is 1. The second-order valence-electron chi connectivity index (χ2n) is 8.59. The Morgan fingerprint density at radius 2 is 1.90 bits per heavy atom. The first kappa shape index (κ1) is 20.2. The third-order valence-electron chi connectivity index (χ3n) is 6.48. The number of aromatic nitrogens is 2. The fraction of sp³-hybridized carbons (Fsp3) is 0.391. The quantitative estimate of drug-likeness (QED) is 0.640. The maximum absolute atomic E-state index is 12.9. The number of hydrogen-bond acceptors (Lipinski definition) is 4. The Hall–Kier alpha value is -2.71. The topological polar surface area (TPSA) is 93.1 Å². The summed E-state index contributed by atoms with van der Waals surface area (Å²) in [6.45, 7) is 0. The minimum absolute atomic E-state index is 0.0234. The van der Waals surface area contributed by atoms with Crippen molar-refractivity contribution in [2.45, 2.75) is 55.5 Å². The third-order valence-corrected chi connectivity index (χ3v) is 7.99. The fourth-order valence-electron chi connectivity index (χ4n) is 4.75. The lowest BCUT2D eigenvalue weighted by Gasteiger charge is -2.17. The molecule has 8 heteroatoms. The van der Waals surface area contributed by atoms with Gasteiger partial charge in [-0.15, -0.1) is 0 Å². The monoisotopic (exact) mass is 438 g/mol. The summed E-state index contributed by atoms with van der Waals surface area (Å²) < 4.78 is 30.5. The Bertz CT molecular complexity index is 1260. The molecule has 0 saturated heterocycles. The van der Waals surface area contributed by atoms with Gasteiger partial charge in [0.05, 0.1) is 28.3 Å². The van der Waals surface area contributed by atoms with Crippen molar-refractivity contribution in [3.8, 4) is 0 Å². The summed E-state index contributed by atoms with van der Waals surface area (Å²) in [6, 6.07) is 10.6. The maximum Gasteiger partial charge on any atom is 0.251 e. The number of nitrogens with zero attached hydrogens (tertiary/aromatic N) is 2. The average molecular weight is 439 g/mol. The van der Waals surface area contributed by atoms with Crippen molar-refractivity contribution in [2.75, 3.05) is 0 Å². The SMILES string of the molecule is Cn1cnc2cc(C(=O)N[C@H]3CCc4ccc(S(=O)(=O)NC5CCCC5)cc43)ccc21. The van der Waals surface area contributed by atoms with Gasteiger partial charge in [0.15, 0.2) is 0 Å². The minimum atomic E-state index is -3.56. The zero-order valence-electron chi connectivity index (χ0n) is 17.5. The van der Waals surface area contributed by atoms with E-state index in [0.717, 1.165) is 60.7 Å². The van der Waals surface area contributed by atoms with Crippen molar-refractivity contribution in [2.24, 2.45) is 7.05 Å². The van der Waals surface area contributed by atoms with Crippen molar-refractivity contribution in [1.29, 1.82) is 0 Å². The highest BCUT2D eigenvalue weighted by molar-refractivity contribution is 7.89. The van der Waals surface area contributed by atoms with Crippen molar-refractivity contribution in [1.82, 2.24) is 19.6 Å². The Labute approximate surface area is 181 Å². The summed E-state index contributed by atoms with van der Waals surface area (Å²) in [7, 11) is -1.65. The second kappa shape index (κ2) is 7.76. The lowest BCUT2D eigenvalue weighted by Crippen LogP contribution is -2.33. The molecule has 7 nitrogen and oxygen atoms in total. The first-order chi connectivity index (χ1) is 14.9. The van der Waals surface area contributed by atoms with E-state index in [1.165, 1.54) is 0 Å². The fourth-order valence-corrected chi connectivity index (χ4v) is 6.09. The number of rotatable bonds is 5. The number of carbonyl (C=O) groups is 1. The Balaban J connectivity index is 1.36. The van der Waals surface area contributed by atoms with Crippen LogP contribution in [0.5, 0.6) is 0 Å². The van der Waals surface area contributed by atoms with Crippen LogP contribution in [0.2, 0.25) is 0 Å². The molecule has 2 aliphatic carbocycles. The molecule has 1 aromatic heterocycles. The molecule has 0 spiro atoms. The van der Waals surface area contributed by atoms with E-state index in [1.54, 1.807) is 30.6 Å². The predicted molar refractivity (Wildman–Crippen MR) is 118 cm³/mol. The van der Waals surface area contributed by atoms with E-state index in [9.17, 15) is 13.2 Å². The molecule has 31 heavy (non-hydrogen) atoms. The summed E-state index contributed by atoms with van der Waals surface area (Å²) in [5.74, 6) is -0.178. The van der Waals surface area contributed by atoms with Gasteiger partial charge < -0.3 is 9.88 Å². The first-order valence-electron chi connectivity index (χ1n) is 10.8. The van der Waals surface area contributed by atoms with Crippen molar-refractivity contribution >= 4 is 27.0 Å². The summed E-state index contributed by atoms with van der Waals surface area (Å²) in [5.41, 5.74) is 4.26. The molecule has 1 heterocycles. The van der Waals surface area contributed by atoms with E-state index in [-0.39, 0.29) is 22.9 Å². The smallest absolute Gasteiger partial charge is 0.251 e. The van der Waals surface area contributed by atoms with E-state index in [0.29, 0.717) is 5.56 Å². The number of nitrogens with one attached hydrogen (secondary N) is 2. The predicted octanol–water partition coefficient (Wildman–Crippen LogP) is 3.21. The van der Waals surface area contributed by atoms with E-state index >= 15 is 0 Å². The average Bonchev–Trinajstić information content (AvgIpc) is 3.49. The van der Waals surface area contributed by atoms with Crippen LogP contribution in [0.25, 0.3) is 11.0 Å². The number of hydrogen-bond donors (Lipinski definition) is 2. The maximum atomic E-state index is 12.9. The van der Waals surface area contributed by atoms with Crippen molar-refractivity contribution < 1.29 is 13.2 Å². The molecular weight excluding hydrogens is 412 g/mol. The molecular formula is C23H26N4O3S. The van der Waals surface area contributed by atoms with E-state index in [1.807, 2.05) is 23.7 Å². The summed E-state index contributed by atoms with van der Waals surface area (Å²) in [6.07, 6.45) is 7.21. The molecule has 0 radical (unpaired) electrons. The van der Waals surface area contributed by atoms with E-state index in [4.69, 9.17) is 0 Å².